The van der Waals surface area contributed by atoms with E-state index in [-0.39, 0.29) is 5.91 Å². The first kappa shape index (κ1) is 14.6. The third-order valence-electron chi connectivity index (χ3n) is 3.91. The lowest BCUT2D eigenvalue weighted by Gasteiger charge is -2.38. The summed E-state index contributed by atoms with van der Waals surface area (Å²) in [5.74, 6) is -1.01. The highest BCUT2D eigenvalue weighted by Crippen LogP contribution is 2.36. The van der Waals surface area contributed by atoms with Crippen LogP contribution in [0, 0.1) is 0 Å². The predicted molar refractivity (Wildman–Crippen MR) is 76.8 cm³/mol. The summed E-state index contributed by atoms with van der Waals surface area (Å²) in [6.07, 6.45) is 2.04. The first-order chi connectivity index (χ1) is 9.49. The maximum absolute atomic E-state index is 11.8. The maximum atomic E-state index is 11.8. The summed E-state index contributed by atoms with van der Waals surface area (Å²) in [4.78, 5) is 25.0. The number of nitrogens with zero attached hydrogens (tertiary/aromatic N) is 1. The zero-order chi connectivity index (χ0) is 14.8. The summed E-state index contributed by atoms with van der Waals surface area (Å²) in [5.41, 5.74) is -0.206. The van der Waals surface area contributed by atoms with E-state index in [1.165, 1.54) is 6.08 Å². The lowest BCUT2D eigenvalue weighted by molar-refractivity contribution is -0.147. The van der Waals surface area contributed by atoms with Crippen LogP contribution in [0.15, 0.2) is 36.9 Å². The van der Waals surface area contributed by atoms with Crippen molar-refractivity contribution in [1.82, 2.24) is 4.90 Å². The molecule has 1 aliphatic heterocycles. The Morgan fingerprint density at radius 1 is 1.25 bits per heavy atom. The minimum absolute atomic E-state index is 0.153. The van der Waals surface area contributed by atoms with Crippen molar-refractivity contribution >= 4 is 23.5 Å². The molecule has 0 spiro atoms. The highest BCUT2D eigenvalue weighted by molar-refractivity contribution is 6.30. The van der Waals surface area contributed by atoms with Gasteiger partial charge in [-0.15, -0.1) is 0 Å². The van der Waals surface area contributed by atoms with Crippen LogP contribution >= 0.6 is 11.6 Å². The average molecular weight is 294 g/mol. The van der Waals surface area contributed by atoms with E-state index >= 15 is 0 Å². The zero-order valence-corrected chi connectivity index (χ0v) is 11.8. The van der Waals surface area contributed by atoms with Gasteiger partial charge in [0.1, 0.15) is 0 Å². The van der Waals surface area contributed by atoms with Crippen LogP contribution in [0.4, 0.5) is 0 Å². The molecule has 2 rings (SSSR count). The van der Waals surface area contributed by atoms with Crippen LogP contribution in [0.5, 0.6) is 0 Å². The number of hydrogen-bond donors (Lipinski definition) is 1. The molecule has 1 fully saturated rings. The Morgan fingerprint density at radius 3 is 2.25 bits per heavy atom. The highest BCUT2D eigenvalue weighted by atomic mass is 35.5. The Kier molecular flexibility index (Phi) is 4.14. The predicted octanol–water partition coefficient (Wildman–Crippen LogP) is 2.47. The molecule has 20 heavy (non-hydrogen) atoms. The molecule has 1 aliphatic rings. The number of piperidine rings is 1. The van der Waals surface area contributed by atoms with E-state index in [0.29, 0.717) is 31.0 Å². The standard InChI is InChI=1S/C15H16ClNO3/c1-2-13(18)17-9-7-15(8-10-17,14(19)20)11-3-5-12(16)6-4-11/h2-6H,1,7-10H2,(H,19,20). The van der Waals surface area contributed by atoms with E-state index in [4.69, 9.17) is 11.6 Å². The number of carbonyl (C=O) groups is 2. The molecule has 0 atom stereocenters. The van der Waals surface area contributed by atoms with Crippen molar-refractivity contribution < 1.29 is 14.7 Å². The second-order valence-electron chi connectivity index (χ2n) is 4.92. The van der Waals surface area contributed by atoms with Gasteiger partial charge in [0.05, 0.1) is 5.41 Å². The Hall–Kier alpha value is -1.81. The lowest BCUT2D eigenvalue weighted by atomic mass is 9.73. The van der Waals surface area contributed by atoms with E-state index in [0.717, 1.165) is 5.56 Å². The normalized spacial score (nSPS) is 17.6. The quantitative estimate of drug-likeness (QED) is 0.871. The van der Waals surface area contributed by atoms with Crippen LogP contribution in [0.2, 0.25) is 5.02 Å². The Balaban J connectivity index is 2.26. The molecule has 0 aliphatic carbocycles. The van der Waals surface area contributed by atoms with Gasteiger partial charge >= 0.3 is 5.97 Å². The zero-order valence-electron chi connectivity index (χ0n) is 11.0. The number of carboxylic acid groups (broad SMARTS) is 1. The number of carboxylic acids is 1. The molecular formula is C15H16ClNO3. The number of benzene rings is 1. The van der Waals surface area contributed by atoms with E-state index in [9.17, 15) is 14.7 Å². The maximum Gasteiger partial charge on any atom is 0.314 e. The van der Waals surface area contributed by atoms with Crippen molar-refractivity contribution in [2.45, 2.75) is 18.3 Å². The number of aliphatic carboxylic acids is 1. The van der Waals surface area contributed by atoms with Crippen LogP contribution in [0.3, 0.4) is 0 Å². The van der Waals surface area contributed by atoms with E-state index < -0.39 is 11.4 Å². The minimum atomic E-state index is -0.942. The SMILES string of the molecule is C=CC(=O)N1CCC(C(=O)O)(c2ccc(Cl)cc2)CC1. The largest absolute Gasteiger partial charge is 0.481 e. The van der Waals surface area contributed by atoms with Gasteiger partial charge in [0.15, 0.2) is 0 Å². The molecule has 0 unspecified atom stereocenters. The molecule has 1 amide bonds. The van der Waals surface area contributed by atoms with Gasteiger partial charge < -0.3 is 10.0 Å². The Morgan fingerprint density at radius 2 is 1.80 bits per heavy atom. The summed E-state index contributed by atoms with van der Waals surface area (Å²) < 4.78 is 0. The minimum Gasteiger partial charge on any atom is -0.481 e. The van der Waals surface area contributed by atoms with Crippen molar-refractivity contribution in [2.75, 3.05) is 13.1 Å². The molecule has 106 valence electrons. The monoisotopic (exact) mass is 293 g/mol. The van der Waals surface area contributed by atoms with Crippen molar-refractivity contribution in [3.05, 3.63) is 47.5 Å². The van der Waals surface area contributed by atoms with Crippen LogP contribution in [-0.4, -0.2) is 35.0 Å². The number of halogens is 1. The second kappa shape index (κ2) is 5.67. The Labute approximate surface area is 122 Å². The molecule has 0 bridgehead atoms. The van der Waals surface area contributed by atoms with Crippen molar-refractivity contribution in [3.8, 4) is 0 Å². The van der Waals surface area contributed by atoms with Crippen LogP contribution in [-0.2, 0) is 15.0 Å². The molecule has 4 nitrogen and oxygen atoms in total. The highest BCUT2D eigenvalue weighted by Gasteiger charge is 2.43. The van der Waals surface area contributed by atoms with Crippen molar-refractivity contribution in [2.24, 2.45) is 0 Å². The van der Waals surface area contributed by atoms with Gasteiger partial charge in [0.25, 0.3) is 0 Å². The molecule has 0 radical (unpaired) electrons. The average Bonchev–Trinajstić information content (AvgIpc) is 2.47. The summed E-state index contributed by atoms with van der Waals surface area (Å²) >= 11 is 5.85. The van der Waals surface area contributed by atoms with Gasteiger partial charge in [-0.1, -0.05) is 30.3 Å². The fourth-order valence-corrected chi connectivity index (χ4v) is 2.76. The van der Waals surface area contributed by atoms with Crippen LogP contribution in [0.25, 0.3) is 0 Å². The third kappa shape index (κ3) is 2.56. The number of rotatable bonds is 3. The number of likely N-dealkylation sites (tertiary alicyclic amines) is 1. The molecule has 1 heterocycles. The molecule has 1 aromatic carbocycles. The Bertz CT molecular complexity index is 531. The first-order valence-electron chi connectivity index (χ1n) is 6.40. The number of hydrogen-bond acceptors (Lipinski definition) is 2. The molecule has 1 aromatic rings. The second-order valence-corrected chi connectivity index (χ2v) is 5.36. The van der Waals surface area contributed by atoms with Crippen molar-refractivity contribution in [3.63, 3.8) is 0 Å². The van der Waals surface area contributed by atoms with Gasteiger partial charge in [-0.3, -0.25) is 9.59 Å². The van der Waals surface area contributed by atoms with Gasteiger partial charge in [0, 0.05) is 18.1 Å². The summed E-state index contributed by atoms with van der Waals surface area (Å²) in [6, 6.07) is 6.90. The third-order valence-corrected chi connectivity index (χ3v) is 4.16. The van der Waals surface area contributed by atoms with Gasteiger partial charge in [-0.05, 0) is 36.6 Å². The van der Waals surface area contributed by atoms with E-state index in [1.54, 1.807) is 29.2 Å². The fourth-order valence-electron chi connectivity index (χ4n) is 2.63. The molecular weight excluding hydrogens is 278 g/mol. The molecule has 1 N–H and O–H groups in total. The number of amides is 1. The molecule has 0 saturated carbocycles. The molecule has 1 saturated heterocycles. The van der Waals surface area contributed by atoms with Crippen molar-refractivity contribution in [1.29, 1.82) is 0 Å². The van der Waals surface area contributed by atoms with Crippen LogP contribution in [0.1, 0.15) is 18.4 Å². The topological polar surface area (TPSA) is 57.6 Å². The smallest absolute Gasteiger partial charge is 0.314 e. The van der Waals surface area contributed by atoms with Crippen LogP contribution < -0.4 is 0 Å². The van der Waals surface area contributed by atoms with Gasteiger partial charge in [-0.2, -0.15) is 0 Å². The van der Waals surface area contributed by atoms with Gasteiger partial charge in [-0.25, -0.2) is 0 Å². The van der Waals surface area contributed by atoms with Gasteiger partial charge in [0.2, 0.25) is 5.91 Å². The number of carbonyl (C=O) groups excluding carboxylic acids is 1. The summed E-state index contributed by atoms with van der Waals surface area (Å²) in [6.45, 7) is 4.29. The summed E-state index contributed by atoms with van der Waals surface area (Å²) in [5, 5.41) is 10.2. The first-order valence-corrected chi connectivity index (χ1v) is 6.78. The van der Waals surface area contributed by atoms with E-state index in [2.05, 4.69) is 6.58 Å². The lowest BCUT2D eigenvalue weighted by Crippen LogP contribution is -2.48. The molecule has 0 aromatic heterocycles. The summed E-state index contributed by atoms with van der Waals surface area (Å²) in [7, 11) is 0. The van der Waals surface area contributed by atoms with E-state index in [1.807, 2.05) is 0 Å². The fraction of sp³-hybridized carbons (Fsp3) is 0.333. The molecule has 5 heteroatoms.